The van der Waals surface area contributed by atoms with Crippen molar-refractivity contribution in [1.82, 2.24) is 9.58 Å². The van der Waals surface area contributed by atoms with Crippen molar-refractivity contribution in [3.8, 4) is 0 Å². The van der Waals surface area contributed by atoms with E-state index in [1.807, 2.05) is 54.7 Å². The smallest absolute Gasteiger partial charge is 0.254 e. The highest BCUT2D eigenvalue weighted by Gasteiger charge is 2.59. The van der Waals surface area contributed by atoms with Crippen LogP contribution in [0.15, 0.2) is 72.0 Å². The fourth-order valence-electron chi connectivity index (χ4n) is 5.44. The monoisotopic (exact) mass is 429 g/mol. The lowest BCUT2D eigenvalue weighted by Gasteiger charge is -2.13. The van der Waals surface area contributed by atoms with E-state index in [0.29, 0.717) is 6.54 Å². The molecule has 6 rings (SSSR count). The van der Waals surface area contributed by atoms with Crippen molar-refractivity contribution >= 4 is 40.5 Å². The molecule has 3 aliphatic rings. The van der Waals surface area contributed by atoms with Crippen LogP contribution in [-0.4, -0.2) is 27.6 Å². The molecule has 2 fully saturated rings. The minimum Gasteiger partial charge on any atom is -0.342 e. The molecule has 154 valence electrons. The molecule has 1 saturated heterocycles. The van der Waals surface area contributed by atoms with Gasteiger partial charge in [0.2, 0.25) is 0 Å². The standard InChI is InChI=1S/C25H20ClN3O2/c26-20-7-3-1-5-17(20)13-28-14-18(19-6-2-4-8-21(19)28)12-27-29-24(30)22-15-9-10-16(11-15)23(22)25(29)31/h1-10,12,14-16,22-23H,11,13H2/b27-12-/t15-,16+,22-,23+. The van der Waals surface area contributed by atoms with E-state index in [0.717, 1.165) is 38.5 Å². The summed E-state index contributed by atoms with van der Waals surface area (Å²) in [7, 11) is 0. The first-order valence-corrected chi connectivity index (χ1v) is 10.9. The molecule has 2 aromatic carbocycles. The highest BCUT2D eigenvalue weighted by Crippen LogP contribution is 2.52. The van der Waals surface area contributed by atoms with Crippen LogP contribution in [0.3, 0.4) is 0 Å². The molecule has 4 atom stereocenters. The predicted octanol–water partition coefficient (Wildman–Crippen LogP) is 4.48. The second-order valence-electron chi connectivity index (χ2n) is 8.55. The normalized spacial score (nSPS) is 26.7. The van der Waals surface area contributed by atoms with Gasteiger partial charge in [-0.25, -0.2) is 0 Å². The lowest BCUT2D eigenvalue weighted by atomic mass is 9.85. The second-order valence-corrected chi connectivity index (χ2v) is 8.96. The van der Waals surface area contributed by atoms with Crippen molar-refractivity contribution in [1.29, 1.82) is 0 Å². The number of benzene rings is 2. The topological polar surface area (TPSA) is 54.7 Å². The molecule has 1 saturated carbocycles. The van der Waals surface area contributed by atoms with Gasteiger partial charge < -0.3 is 4.57 Å². The van der Waals surface area contributed by atoms with Gasteiger partial charge in [-0.05, 0) is 36.0 Å². The number of hydrogen-bond acceptors (Lipinski definition) is 3. The van der Waals surface area contributed by atoms with Gasteiger partial charge in [-0.15, -0.1) is 0 Å². The largest absolute Gasteiger partial charge is 0.342 e. The maximum atomic E-state index is 12.9. The van der Waals surface area contributed by atoms with Crippen molar-refractivity contribution in [2.75, 3.05) is 0 Å². The molecule has 0 N–H and O–H groups in total. The van der Waals surface area contributed by atoms with E-state index in [9.17, 15) is 9.59 Å². The number of para-hydroxylation sites is 1. The first kappa shape index (κ1) is 18.6. The average Bonchev–Trinajstić information content (AvgIpc) is 3.53. The number of imide groups is 1. The van der Waals surface area contributed by atoms with Crippen LogP contribution in [-0.2, 0) is 16.1 Å². The molecule has 6 heteroatoms. The van der Waals surface area contributed by atoms with E-state index in [2.05, 4.69) is 21.8 Å². The van der Waals surface area contributed by atoms with Gasteiger partial charge in [0, 0.05) is 34.2 Å². The fourth-order valence-corrected chi connectivity index (χ4v) is 5.63. The molecular formula is C25H20ClN3O2. The van der Waals surface area contributed by atoms with Crippen molar-refractivity contribution in [2.45, 2.75) is 13.0 Å². The maximum Gasteiger partial charge on any atom is 0.254 e. The highest BCUT2D eigenvalue weighted by molar-refractivity contribution is 6.31. The number of hydrogen-bond donors (Lipinski definition) is 0. The Hall–Kier alpha value is -3.18. The molecule has 1 aliphatic heterocycles. The third-order valence-electron chi connectivity index (χ3n) is 6.88. The van der Waals surface area contributed by atoms with Gasteiger partial charge in [0.05, 0.1) is 18.1 Å². The van der Waals surface area contributed by atoms with E-state index in [4.69, 9.17) is 11.6 Å². The molecule has 31 heavy (non-hydrogen) atoms. The van der Waals surface area contributed by atoms with Gasteiger partial charge in [0.15, 0.2) is 0 Å². The van der Waals surface area contributed by atoms with Crippen molar-refractivity contribution in [2.24, 2.45) is 28.8 Å². The van der Waals surface area contributed by atoms with Gasteiger partial charge in [-0.3, -0.25) is 9.59 Å². The molecule has 0 spiro atoms. The van der Waals surface area contributed by atoms with Gasteiger partial charge >= 0.3 is 0 Å². The number of amides is 2. The Kier molecular flexibility index (Phi) is 4.15. The average molecular weight is 430 g/mol. The van der Waals surface area contributed by atoms with Crippen LogP contribution in [0.2, 0.25) is 5.02 Å². The number of carbonyl (C=O) groups excluding carboxylic acids is 2. The lowest BCUT2D eigenvalue weighted by Crippen LogP contribution is -2.28. The van der Waals surface area contributed by atoms with Gasteiger partial charge in [0.1, 0.15) is 0 Å². The fraction of sp³-hybridized carbons (Fsp3) is 0.240. The van der Waals surface area contributed by atoms with E-state index in [1.54, 1.807) is 6.21 Å². The molecule has 0 unspecified atom stereocenters. The summed E-state index contributed by atoms with van der Waals surface area (Å²) in [6, 6.07) is 15.8. The third-order valence-corrected chi connectivity index (χ3v) is 7.25. The molecule has 5 nitrogen and oxygen atoms in total. The van der Waals surface area contributed by atoms with Crippen molar-refractivity contribution < 1.29 is 9.59 Å². The van der Waals surface area contributed by atoms with Gasteiger partial charge in [-0.2, -0.15) is 10.1 Å². The maximum absolute atomic E-state index is 12.9. The number of rotatable bonds is 4. The molecule has 2 bridgehead atoms. The van der Waals surface area contributed by atoms with Crippen LogP contribution in [0.1, 0.15) is 17.5 Å². The number of allylic oxidation sites excluding steroid dienone is 2. The van der Waals surface area contributed by atoms with Crippen LogP contribution in [0.4, 0.5) is 0 Å². The summed E-state index contributed by atoms with van der Waals surface area (Å²) in [4.78, 5) is 25.8. The molecular weight excluding hydrogens is 410 g/mol. The van der Waals surface area contributed by atoms with E-state index >= 15 is 0 Å². The van der Waals surface area contributed by atoms with E-state index < -0.39 is 0 Å². The summed E-state index contributed by atoms with van der Waals surface area (Å²) in [6.45, 7) is 0.620. The number of hydrazone groups is 1. The summed E-state index contributed by atoms with van der Waals surface area (Å²) in [5.74, 6) is -0.429. The van der Waals surface area contributed by atoms with Crippen LogP contribution in [0, 0.1) is 23.7 Å². The molecule has 3 aromatic rings. The molecule has 2 amide bonds. The van der Waals surface area contributed by atoms with Gasteiger partial charge in [0.25, 0.3) is 11.8 Å². The first-order valence-electron chi connectivity index (χ1n) is 10.5. The zero-order chi connectivity index (χ0) is 21.1. The highest BCUT2D eigenvalue weighted by atomic mass is 35.5. The molecule has 1 aromatic heterocycles. The summed E-state index contributed by atoms with van der Waals surface area (Å²) in [5.41, 5.74) is 2.93. The Bertz CT molecular complexity index is 1260. The molecule has 2 heterocycles. The Labute approximate surface area is 184 Å². The quantitative estimate of drug-likeness (QED) is 0.348. The number of fused-ring (bicyclic) bond motifs is 6. The summed E-state index contributed by atoms with van der Waals surface area (Å²) in [6.07, 6.45) is 8.73. The Morgan fingerprint density at radius 3 is 2.39 bits per heavy atom. The van der Waals surface area contributed by atoms with Crippen LogP contribution in [0.5, 0.6) is 0 Å². The zero-order valence-electron chi connectivity index (χ0n) is 16.7. The SMILES string of the molecule is O=C1[C@@H]2[C@H](C(=O)N1/N=C\c1cn(Cc3ccccc3Cl)c3ccccc13)[C@@H]1C=C[C@H]2C1. The van der Waals surface area contributed by atoms with Gasteiger partial charge in [-0.1, -0.05) is 60.2 Å². The minimum absolute atomic E-state index is 0.164. The van der Waals surface area contributed by atoms with Crippen molar-refractivity contribution in [3.05, 3.63) is 83.0 Å². The van der Waals surface area contributed by atoms with E-state index in [1.165, 1.54) is 0 Å². The second kappa shape index (κ2) is 6.92. The lowest BCUT2D eigenvalue weighted by molar-refractivity contribution is -0.140. The van der Waals surface area contributed by atoms with E-state index in [-0.39, 0.29) is 35.5 Å². The number of carbonyl (C=O) groups is 2. The number of halogens is 1. The molecule has 2 aliphatic carbocycles. The summed E-state index contributed by atoms with van der Waals surface area (Å²) >= 11 is 6.36. The van der Waals surface area contributed by atoms with Crippen LogP contribution >= 0.6 is 11.6 Å². The Morgan fingerprint density at radius 2 is 1.65 bits per heavy atom. The Balaban J connectivity index is 1.33. The zero-order valence-corrected chi connectivity index (χ0v) is 17.4. The van der Waals surface area contributed by atoms with Crippen LogP contribution in [0.25, 0.3) is 10.9 Å². The first-order chi connectivity index (χ1) is 15.1. The third kappa shape index (κ3) is 2.80. The predicted molar refractivity (Wildman–Crippen MR) is 120 cm³/mol. The minimum atomic E-state index is -0.235. The number of nitrogens with zero attached hydrogens (tertiary/aromatic N) is 3. The summed E-state index contributed by atoms with van der Waals surface area (Å²) in [5, 5.41) is 7.20. The summed E-state index contributed by atoms with van der Waals surface area (Å²) < 4.78 is 2.12. The van der Waals surface area contributed by atoms with Crippen LogP contribution < -0.4 is 0 Å². The van der Waals surface area contributed by atoms with Crippen molar-refractivity contribution in [3.63, 3.8) is 0 Å². The Morgan fingerprint density at radius 1 is 0.968 bits per heavy atom. The molecule has 0 radical (unpaired) electrons. The number of aromatic nitrogens is 1.